The maximum Gasteiger partial charge on any atom is 0.164 e. The molecular weight excluding hydrogens is 341 g/mol. The number of nitrogens with zero attached hydrogens (tertiary/aromatic N) is 1. The second kappa shape index (κ2) is 4.12. The fourth-order valence-electron chi connectivity index (χ4n) is 0.382. The summed E-state index contributed by atoms with van der Waals surface area (Å²) in [5.74, 6) is -0.237. The third-order valence-electron chi connectivity index (χ3n) is 0.752. The molecule has 0 aromatic carbocycles. The molecule has 5 heteroatoms. The van der Waals surface area contributed by atoms with Crippen LogP contribution in [-0.4, -0.2) is 10.8 Å². The van der Waals surface area contributed by atoms with Gasteiger partial charge in [0.1, 0.15) is 0 Å². The molecule has 1 rings (SSSR count). The minimum absolute atomic E-state index is 0. The number of Topliss-reactive ketones (excluding diaryl/α,β-unsaturated/α-hetero) is 1. The van der Waals surface area contributed by atoms with Crippen molar-refractivity contribution >= 4 is 28.7 Å². The molecule has 0 amide bonds. The van der Waals surface area contributed by atoms with Gasteiger partial charge < -0.3 is 4.79 Å². The monoisotopic (exact) mass is 344 g/mol. The van der Waals surface area contributed by atoms with E-state index in [0.717, 1.165) is 11.3 Å². The van der Waals surface area contributed by atoms with E-state index in [-0.39, 0.29) is 26.8 Å². The topological polar surface area (TPSA) is 30.0 Å². The second-order valence-corrected chi connectivity index (χ2v) is 3.01. The van der Waals surface area contributed by atoms with Crippen molar-refractivity contribution in [3.8, 4) is 0 Å². The zero-order valence-electron chi connectivity index (χ0n) is 4.83. The van der Waals surface area contributed by atoms with E-state index in [9.17, 15) is 4.79 Å². The normalized spacial score (nSPS) is 8.50. The third kappa shape index (κ3) is 2.41. The van der Waals surface area contributed by atoms with Crippen LogP contribution in [0.15, 0.2) is 6.20 Å². The maximum absolute atomic E-state index is 10.5. The number of ketones is 1. The van der Waals surface area contributed by atoms with Crippen molar-refractivity contribution in [1.29, 1.82) is 0 Å². The molecule has 0 atom stereocenters. The fourth-order valence-corrected chi connectivity index (χ4v) is 1.19. The van der Waals surface area contributed by atoms with E-state index < -0.39 is 0 Å². The summed E-state index contributed by atoms with van der Waals surface area (Å²) < 4.78 is 0.377. The van der Waals surface area contributed by atoms with E-state index in [0.29, 0.717) is 9.34 Å². The van der Waals surface area contributed by atoms with Gasteiger partial charge in [0, 0.05) is 26.8 Å². The number of hydrogen-bond donors (Lipinski definition) is 0. The largest absolute Gasteiger partial charge is 0.331 e. The predicted octanol–water partition coefficient (Wildman–Crippen LogP) is 1.81. The van der Waals surface area contributed by atoms with Gasteiger partial charge in [-0.2, -0.15) is 6.92 Å². The molecule has 0 saturated heterocycles. The Bertz CT molecular complexity index is 237. The van der Waals surface area contributed by atoms with Gasteiger partial charge in [0.25, 0.3) is 0 Å². The van der Waals surface area contributed by atoms with Gasteiger partial charge >= 0.3 is 0 Å². The number of thiazole rings is 1. The molecule has 0 spiro atoms. The quantitative estimate of drug-likeness (QED) is 0.575. The summed E-state index contributed by atoms with van der Waals surface area (Å²) in [5, 5.41) is 0. The second-order valence-electron chi connectivity index (χ2n) is 1.40. The van der Waals surface area contributed by atoms with E-state index in [1.165, 1.54) is 6.20 Å². The summed E-state index contributed by atoms with van der Waals surface area (Å²) >= 11 is 6.57. The van der Waals surface area contributed by atoms with Crippen LogP contribution in [0.5, 0.6) is 0 Å². The first-order valence-corrected chi connectivity index (χ1v) is 3.37. The molecule has 2 nitrogen and oxygen atoms in total. The van der Waals surface area contributed by atoms with Gasteiger partial charge in [-0.05, 0) is 6.20 Å². The van der Waals surface area contributed by atoms with E-state index in [1.807, 2.05) is 0 Å². The van der Waals surface area contributed by atoms with E-state index in [1.54, 1.807) is 0 Å². The van der Waals surface area contributed by atoms with Gasteiger partial charge in [-0.15, -0.1) is 0 Å². The Labute approximate surface area is 81.9 Å². The van der Waals surface area contributed by atoms with Crippen LogP contribution in [0, 0.1) is 6.92 Å². The van der Waals surface area contributed by atoms with Crippen molar-refractivity contribution in [2.24, 2.45) is 0 Å². The first-order valence-electron chi connectivity index (χ1n) is 2.18. The molecule has 0 aliphatic heterocycles. The van der Waals surface area contributed by atoms with Crippen molar-refractivity contribution in [2.75, 3.05) is 0 Å². The Balaban J connectivity index is 0.000000810. The Morgan fingerprint density at radius 3 is 2.60 bits per heavy atom. The summed E-state index contributed by atoms with van der Waals surface area (Å²) in [6.45, 7) is 3.19. The number of rotatable bonds is 1. The molecule has 54 valence electrons. The fraction of sp³-hybridized carbons (Fsp3) is 0. The summed E-state index contributed by atoms with van der Waals surface area (Å²) in [5.41, 5.74) is 0. The van der Waals surface area contributed by atoms with Crippen LogP contribution < -0.4 is 0 Å². The molecule has 1 aromatic rings. The van der Waals surface area contributed by atoms with Crippen molar-refractivity contribution < 1.29 is 25.9 Å². The van der Waals surface area contributed by atoms with Crippen molar-refractivity contribution in [3.63, 3.8) is 0 Å². The van der Waals surface area contributed by atoms with E-state index in [2.05, 4.69) is 11.9 Å². The van der Waals surface area contributed by atoms with Crippen LogP contribution in [0.25, 0.3) is 0 Å². The Morgan fingerprint density at radius 2 is 2.40 bits per heavy atom. The summed E-state index contributed by atoms with van der Waals surface area (Å²) in [6.07, 6.45) is 1.42. The molecule has 0 N–H and O–H groups in total. The van der Waals surface area contributed by atoms with Crippen LogP contribution >= 0.6 is 22.9 Å². The first kappa shape index (κ1) is 10.1. The minimum atomic E-state index is -0.237. The molecule has 0 fully saturated rings. The average Bonchev–Trinajstić information content (AvgIpc) is 2.14. The standard InChI is InChI=1S/C5H3ClNOS.W/c1-3(8)4-2-7-5(6)9-4;/h2H,1H2;/q-1;. The van der Waals surface area contributed by atoms with Gasteiger partial charge in [-0.1, -0.05) is 16.5 Å². The Morgan fingerprint density at radius 1 is 1.80 bits per heavy atom. The molecule has 0 aliphatic rings. The SMILES string of the molecule is [CH2-]C(=O)c1cnc(Cl)s1.[W]. The number of aromatic nitrogens is 1. The zero-order chi connectivity index (χ0) is 6.85. The van der Waals surface area contributed by atoms with Crippen LogP contribution in [0.1, 0.15) is 9.67 Å². The number of carbonyl (C=O) groups excluding carboxylic acids is 1. The van der Waals surface area contributed by atoms with Crippen molar-refractivity contribution in [2.45, 2.75) is 0 Å². The van der Waals surface area contributed by atoms with Gasteiger partial charge in [0.2, 0.25) is 0 Å². The van der Waals surface area contributed by atoms with Gasteiger partial charge in [-0.25, -0.2) is 11.3 Å². The molecule has 1 aromatic heterocycles. The van der Waals surface area contributed by atoms with Crippen LogP contribution in [-0.2, 0) is 21.1 Å². The Hall–Kier alpha value is 0.148. The summed E-state index contributed by atoms with van der Waals surface area (Å²) in [4.78, 5) is 14.6. The van der Waals surface area contributed by atoms with Crippen LogP contribution in [0.4, 0.5) is 0 Å². The minimum Gasteiger partial charge on any atom is -0.331 e. The third-order valence-corrected chi connectivity index (χ3v) is 1.91. The van der Waals surface area contributed by atoms with E-state index >= 15 is 0 Å². The summed E-state index contributed by atoms with van der Waals surface area (Å²) in [7, 11) is 0. The van der Waals surface area contributed by atoms with E-state index in [4.69, 9.17) is 11.6 Å². The zero-order valence-corrected chi connectivity index (χ0v) is 9.34. The van der Waals surface area contributed by atoms with Gasteiger partial charge in [0.05, 0.1) is 0 Å². The Kier molecular flexibility index (Phi) is 4.18. The predicted molar refractivity (Wildman–Crippen MR) is 36.8 cm³/mol. The number of hydrogen-bond acceptors (Lipinski definition) is 3. The molecular formula is C5H3ClNOSW-. The van der Waals surface area contributed by atoms with Gasteiger partial charge in [0.15, 0.2) is 4.47 Å². The molecule has 0 bridgehead atoms. The first-order chi connectivity index (χ1) is 4.20. The van der Waals surface area contributed by atoms with Crippen molar-refractivity contribution in [1.82, 2.24) is 4.98 Å². The smallest absolute Gasteiger partial charge is 0.164 e. The molecule has 0 saturated carbocycles. The molecule has 0 unspecified atom stereocenters. The average molecular weight is 344 g/mol. The summed E-state index contributed by atoms with van der Waals surface area (Å²) in [6, 6.07) is 0. The van der Waals surface area contributed by atoms with Crippen molar-refractivity contribution in [3.05, 3.63) is 22.5 Å². The maximum atomic E-state index is 10.5. The molecule has 1 heterocycles. The van der Waals surface area contributed by atoms with Gasteiger partial charge in [-0.3, -0.25) is 4.98 Å². The molecule has 0 radical (unpaired) electrons. The number of halogens is 1. The molecule has 0 aliphatic carbocycles. The van der Waals surface area contributed by atoms with Crippen LogP contribution in [0.3, 0.4) is 0 Å². The number of carbonyl (C=O) groups is 1. The molecule has 10 heavy (non-hydrogen) atoms. The van der Waals surface area contributed by atoms with Crippen LogP contribution in [0.2, 0.25) is 4.47 Å².